The molecule has 0 aliphatic carbocycles. The van der Waals surface area contributed by atoms with Gasteiger partial charge in [-0.15, -0.1) is 0 Å². The van der Waals surface area contributed by atoms with Crippen LogP contribution in [0.5, 0.6) is 0 Å². The Balaban J connectivity index is 1.39. The Kier molecular flexibility index (Phi) is 4.07. The van der Waals surface area contributed by atoms with E-state index in [1.54, 1.807) is 28.1 Å². The lowest BCUT2D eigenvalue weighted by atomic mass is 10.3. The predicted molar refractivity (Wildman–Crippen MR) is 88.0 cm³/mol. The van der Waals surface area contributed by atoms with Gasteiger partial charge in [0.15, 0.2) is 5.82 Å². The van der Waals surface area contributed by atoms with Gasteiger partial charge in [0.2, 0.25) is 5.91 Å². The molecule has 0 saturated carbocycles. The number of nitrogens with zero attached hydrogens (tertiary/aromatic N) is 9. The summed E-state index contributed by atoms with van der Waals surface area (Å²) in [5.74, 6) is 1.56. The van der Waals surface area contributed by atoms with Crippen LogP contribution in [0.25, 0.3) is 5.82 Å². The van der Waals surface area contributed by atoms with Gasteiger partial charge >= 0.3 is 0 Å². The van der Waals surface area contributed by atoms with Gasteiger partial charge < -0.3 is 9.80 Å². The summed E-state index contributed by atoms with van der Waals surface area (Å²) < 4.78 is 3.23. The molecule has 10 heteroatoms. The van der Waals surface area contributed by atoms with Crippen molar-refractivity contribution in [3.63, 3.8) is 0 Å². The second-order valence-electron chi connectivity index (χ2n) is 5.65. The second kappa shape index (κ2) is 6.67. The average molecular weight is 339 g/mol. The van der Waals surface area contributed by atoms with Gasteiger partial charge in [0.1, 0.15) is 31.3 Å². The van der Waals surface area contributed by atoms with Crippen LogP contribution in [0, 0.1) is 0 Å². The molecule has 128 valence electrons. The molecule has 4 heterocycles. The highest BCUT2D eigenvalue weighted by molar-refractivity contribution is 5.76. The zero-order valence-electron chi connectivity index (χ0n) is 13.5. The minimum atomic E-state index is 0.0781. The van der Waals surface area contributed by atoms with Crippen LogP contribution in [0.1, 0.15) is 0 Å². The van der Waals surface area contributed by atoms with E-state index in [1.165, 1.54) is 12.7 Å². The number of piperazine rings is 1. The van der Waals surface area contributed by atoms with E-state index in [2.05, 4.69) is 30.0 Å². The number of amides is 1. The molecule has 0 N–H and O–H groups in total. The van der Waals surface area contributed by atoms with Crippen molar-refractivity contribution < 1.29 is 4.79 Å². The molecule has 10 nitrogen and oxygen atoms in total. The molecule has 0 atom stereocenters. The molecule has 1 aliphatic heterocycles. The Morgan fingerprint density at radius 3 is 2.60 bits per heavy atom. The molecule has 0 radical (unpaired) electrons. The molecule has 25 heavy (non-hydrogen) atoms. The van der Waals surface area contributed by atoms with E-state index < -0.39 is 0 Å². The first-order valence-electron chi connectivity index (χ1n) is 7.97. The van der Waals surface area contributed by atoms with Crippen molar-refractivity contribution in [3.05, 3.63) is 43.5 Å². The number of hydrogen-bond donors (Lipinski definition) is 0. The molecule has 1 saturated heterocycles. The first-order valence-corrected chi connectivity index (χ1v) is 7.97. The molecule has 3 aromatic rings. The predicted octanol–water partition coefficient (Wildman–Crippen LogP) is -0.397. The van der Waals surface area contributed by atoms with Crippen molar-refractivity contribution in [1.29, 1.82) is 0 Å². The standard InChI is InChI=1S/C15H17N9O/c25-15(9-23-3-1-2-19-23)22-6-4-21(5-7-22)13-8-14(18-11-17-13)24-12-16-10-20-24/h1-3,8,10-12H,4-7,9H2. The largest absolute Gasteiger partial charge is 0.353 e. The summed E-state index contributed by atoms with van der Waals surface area (Å²) in [7, 11) is 0. The van der Waals surface area contributed by atoms with Gasteiger partial charge in [-0.3, -0.25) is 9.48 Å². The molecular formula is C15H17N9O. The van der Waals surface area contributed by atoms with Gasteiger partial charge in [0.25, 0.3) is 0 Å². The van der Waals surface area contributed by atoms with Crippen molar-refractivity contribution in [2.24, 2.45) is 0 Å². The van der Waals surface area contributed by atoms with E-state index in [1.807, 2.05) is 17.0 Å². The molecule has 1 amide bonds. The Morgan fingerprint density at radius 2 is 1.88 bits per heavy atom. The number of carbonyl (C=O) groups is 1. The van der Waals surface area contributed by atoms with E-state index in [4.69, 9.17) is 0 Å². The van der Waals surface area contributed by atoms with Gasteiger partial charge in [-0.25, -0.2) is 19.6 Å². The van der Waals surface area contributed by atoms with Gasteiger partial charge in [-0.2, -0.15) is 10.2 Å². The van der Waals surface area contributed by atoms with Crippen LogP contribution in [-0.2, 0) is 11.3 Å². The van der Waals surface area contributed by atoms with Crippen LogP contribution in [0.3, 0.4) is 0 Å². The Labute approximate surface area is 143 Å². The lowest BCUT2D eigenvalue weighted by Gasteiger charge is -2.35. The third kappa shape index (κ3) is 3.32. The molecule has 0 unspecified atom stereocenters. The third-order valence-corrected chi connectivity index (χ3v) is 4.10. The maximum Gasteiger partial charge on any atom is 0.244 e. The number of carbonyl (C=O) groups excluding carboxylic acids is 1. The summed E-state index contributed by atoms with van der Waals surface area (Å²) in [6, 6.07) is 3.68. The minimum absolute atomic E-state index is 0.0781. The van der Waals surface area contributed by atoms with Crippen molar-refractivity contribution in [2.45, 2.75) is 6.54 Å². The van der Waals surface area contributed by atoms with Crippen LogP contribution >= 0.6 is 0 Å². The Bertz CT molecular complexity index is 823. The Hall–Kier alpha value is -3.30. The maximum absolute atomic E-state index is 12.3. The maximum atomic E-state index is 12.3. The van der Waals surface area contributed by atoms with Crippen molar-refractivity contribution in [3.8, 4) is 5.82 Å². The van der Waals surface area contributed by atoms with Gasteiger partial charge in [0.05, 0.1) is 0 Å². The molecule has 0 aromatic carbocycles. The summed E-state index contributed by atoms with van der Waals surface area (Å²) in [6.45, 7) is 3.03. The fourth-order valence-electron chi connectivity index (χ4n) is 2.78. The highest BCUT2D eigenvalue weighted by Crippen LogP contribution is 2.15. The SMILES string of the molecule is O=C(Cn1cccn1)N1CCN(c2cc(-n3cncn3)ncn2)CC1. The molecule has 3 aromatic heterocycles. The summed E-state index contributed by atoms with van der Waals surface area (Å²) in [5, 5.41) is 8.16. The summed E-state index contributed by atoms with van der Waals surface area (Å²) >= 11 is 0. The molecule has 0 bridgehead atoms. The minimum Gasteiger partial charge on any atom is -0.353 e. The lowest BCUT2D eigenvalue weighted by Crippen LogP contribution is -2.49. The Morgan fingerprint density at radius 1 is 1.04 bits per heavy atom. The first-order chi connectivity index (χ1) is 12.3. The number of rotatable bonds is 4. The zero-order chi connectivity index (χ0) is 17.1. The highest BCUT2D eigenvalue weighted by atomic mass is 16.2. The van der Waals surface area contributed by atoms with Crippen molar-refractivity contribution in [2.75, 3.05) is 31.1 Å². The fraction of sp³-hybridized carbons (Fsp3) is 0.333. The normalized spacial score (nSPS) is 14.7. The number of aromatic nitrogens is 7. The van der Waals surface area contributed by atoms with Crippen molar-refractivity contribution in [1.82, 2.24) is 39.4 Å². The second-order valence-corrected chi connectivity index (χ2v) is 5.65. The summed E-state index contributed by atoms with van der Waals surface area (Å²) in [5.41, 5.74) is 0. The number of hydrogen-bond acceptors (Lipinski definition) is 7. The third-order valence-electron chi connectivity index (χ3n) is 4.10. The molecule has 1 fully saturated rings. The van der Waals surface area contributed by atoms with Crippen LogP contribution < -0.4 is 4.90 Å². The quantitative estimate of drug-likeness (QED) is 0.638. The van der Waals surface area contributed by atoms with E-state index in [0.717, 1.165) is 18.9 Å². The lowest BCUT2D eigenvalue weighted by molar-refractivity contribution is -0.132. The summed E-state index contributed by atoms with van der Waals surface area (Å²) in [6.07, 6.45) is 8.04. The van der Waals surface area contributed by atoms with Gasteiger partial charge in [0, 0.05) is 44.6 Å². The zero-order valence-corrected chi connectivity index (χ0v) is 13.5. The monoisotopic (exact) mass is 339 g/mol. The first kappa shape index (κ1) is 15.2. The smallest absolute Gasteiger partial charge is 0.244 e. The van der Waals surface area contributed by atoms with E-state index in [-0.39, 0.29) is 12.5 Å². The topological polar surface area (TPSA) is 97.9 Å². The van der Waals surface area contributed by atoms with E-state index in [0.29, 0.717) is 18.9 Å². The summed E-state index contributed by atoms with van der Waals surface area (Å²) in [4.78, 5) is 28.8. The molecule has 1 aliphatic rings. The number of anilines is 1. The highest BCUT2D eigenvalue weighted by Gasteiger charge is 2.22. The van der Waals surface area contributed by atoms with Crippen LogP contribution in [0.2, 0.25) is 0 Å². The van der Waals surface area contributed by atoms with Gasteiger partial charge in [-0.1, -0.05) is 0 Å². The van der Waals surface area contributed by atoms with Crippen LogP contribution in [0.15, 0.2) is 43.5 Å². The van der Waals surface area contributed by atoms with Crippen LogP contribution in [0.4, 0.5) is 5.82 Å². The van der Waals surface area contributed by atoms with E-state index >= 15 is 0 Å². The van der Waals surface area contributed by atoms with Crippen molar-refractivity contribution >= 4 is 11.7 Å². The van der Waals surface area contributed by atoms with Crippen LogP contribution in [-0.4, -0.2) is 71.5 Å². The van der Waals surface area contributed by atoms with E-state index in [9.17, 15) is 4.79 Å². The fourth-order valence-corrected chi connectivity index (χ4v) is 2.78. The molecular weight excluding hydrogens is 322 g/mol. The average Bonchev–Trinajstić information content (AvgIpc) is 3.36. The molecule has 4 rings (SSSR count). The van der Waals surface area contributed by atoms with Gasteiger partial charge in [-0.05, 0) is 6.07 Å². The molecule has 0 spiro atoms.